The molecule has 1 aliphatic heterocycles. The molecule has 1 aromatic heterocycles. The van der Waals surface area contributed by atoms with Crippen molar-refractivity contribution in [2.45, 2.75) is 31.8 Å². The van der Waals surface area contributed by atoms with Crippen LogP contribution in [0.5, 0.6) is 0 Å². The van der Waals surface area contributed by atoms with Gasteiger partial charge in [0, 0.05) is 24.8 Å². The Hall–Kier alpha value is -2.15. The molecule has 0 radical (unpaired) electrons. The van der Waals surface area contributed by atoms with Gasteiger partial charge in [-0.1, -0.05) is 0 Å². The number of urea groups is 1. The second-order valence-corrected chi connectivity index (χ2v) is 5.42. The Morgan fingerprint density at radius 1 is 1.43 bits per heavy atom. The lowest BCUT2D eigenvalue weighted by molar-refractivity contribution is 0.0696. The van der Waals surface area contributed by atoms with Crippen LogP contribution in [-0.4, -0.2) is 52.7 Å². The summed E-state index contributed by atoms with van der Waals surface area (Å²) < 4.78 is 0. The molecule has 2 unspecified atom stereocenters. The third-order valence-electron chi connectivity index (χ3n) is 3.79. The van der Waals surface area contributed by atoms with Gasteiger partial charge in [0.15, 0.2) is 0 Å². The number of carbonyl (C=O) groups excluding carboxylic acids is 1. The maximum absolute atomic E-state index is 11.9. The van der Waals surface area contributed by atoms with Crippen molar-refractivity contribution in [3.05, 3.63) is 24.0 Å². The first-order valence-corrected chi connectivity index (χ1v) is 6.92. The number of aromatic nitrogens is 1. The SMILES string of the molecule is CC1CC(NC(=O)Nc2cncc(C(=O)O)c2)CCN1C. The number of pyridine rings is 1. The highest BCUT2D eigenvalue weighted by Crippen LogP contribution is 2.15. The smallest absolute Gasteiger partial charge is 0.337 e. The standard InChI is InChI=1S/C14H20N4O3/c1-9-5-11(3-4-18(9)2)16-14(21)17-12-6-10(13(19)20)7-15-8-12/h6-9,11H,3-5H2,1-2H3,(H,19,20)(H2,16,17,21). The maximum atomic E-state index is 11.9. The summed E-state index contributed by atoms with van der Waals surface area (Å²) in [5, 5.41) is 14.4. The van der Waals surface area contributed by atoms with Gasteiger partial charge >= 0.3 is 12.0 Å². The highest BCUT2D eigenvalue weighted by Gasteiger charge is 2.23. The summed E-state index contributed by atoms with van der Waals surface area (Å²) in [6.45, 7) is 3.08. The number of aromatic carboxylic acids is 1. The molecule has 2 heterocycles. The van der Waals surface area contributed by atoms with Crippen LogP contribution >= 0.6 is 0 Å². The van der Waals surface area contributed by atoms with Gasteiger partial charge in [0.25, 0.3) is 0 Å². The minimum atomic E-state index is -1.07. The second kappa shape index (κ2) is 6.53. The van der Waals surface area contributed by atoms with Crippen molar-refractivity contribution in [2.24, 2.45) is 0 Å². The summed E-state index contributed by atoms with van der Waals surface area (Å²) in [6.07, 6.45) is 4.46. The zero-order valence-corrected chi connectivity index (χ0v) is 12.2. The zero-order chi connectivity index (χ0) is 15.4. The number of carboxylic acid groups (broad SMARTS) is 1. The van der Waals surface area contributed by atoms with Gasteiger partial charge in [0.2, 0.25) is 0 Å². The van der Waals surface area contributed by atoms with Gasteiger partial charge in [-0.05, 0) is 32.9 Å². The summed E-state index contributed by atoms with van der Waals surface area (Å²) in [7, 11) is 2.07. The summed E-state index contributed by atoms with van der Waals surface area (Å²) in [6, 6.07) is 1.61. The fourth-order valence-corrected chi connectivity index (χ4v) is 2.40. The van der Waals surface area contributed by atoms with E-state index >= 15 is 0 Å². The van der Waals surface area contributed by atoms with Crippen LogP contribution in [0.4, 0.5) is 10.5 Å². The van der Waals surface area contributed by atoms with Crippen LogP contribution in [0.2, 0.25) is 0 Å². The number of carboxylic acids is 1. The minimum absolute atomic E-state index is 0.0423. The molecule has 7 heteroatoms. The van der Waals surface area contributed by atoms with E-state index in [-0.39, 0.29) is 17.6 Å². The molecule has 7 nitrogen and oxygen atoms in total. The van der Waals surface area contributed by atoms with Crippen molar-refractivity contribution >= 4 is 17.7 Å². The van der Waals surface area contributed by atoms with Gasteiger partial charge in [-0.15, -0.1) is 0 Å². The molecule has 1 aromatic rings. The van der Waals surface area contributed by atoms with E-state index in [4.69, 9.17) is 5.11 Å². The molecule has 0 aliphatic carbocycles. The molecule has 0 saturated carbocycles. The van der Waals surface area contributed by atoms with E-state index in [0.717, 1.165) is 19.4 Å². The Labute approximate surface area is 123 Å². The molecule has 0 aromatic carbocycles. The van der Waals surface area contributed by atoms with Crippen LogP contribution in [0, 0.1) is 0 Å². The second-order valence-electron chi connectivity index (χ2n) is 5.42. The van der Waals surface area contributed by atoms with Gasteiger partial charge in [0.05, 0.1) is 17.4 Å². The third-order valence-corrected chi connectivity index (χ3v) is 3.79. The largest absolute Gasteiger partial charge is 0.478 e. The Morgan fingerprint density at radius 2 is 2.19 bits per heavy atom. The van der Waals surface area contributed by atoms with E-state index in [1.807, 2.05) is 0 Å². The van der Waals surface area contributed by atoms with E-state index in [2.05, 4.69) is 34.5 Å². The first kappa shape index (κ1) is 15.2. The summed E-state index contributed by atoms with van der Waals surface area (Å²) in [4.78, 5) is 28.8. The molecule has 3 N–H and O–H groups in total. The highest BCUT2D eigenvalue weighted by molar-refractivity contribution is 5.92. The summed E-state index contributed by atoms with van der Waals surface area (Å²) >= 11 is 0. The number of nitrogens with one attached hydrogen (secondary N) is 2. The number of nitrogens with zero attached hydrogens (tertiary/aromatic N) is 2. The van der Waals surface area contributed by atoms with Crippen molar-refractivity contribution in [3.63, 3.8) is 0 Å². The average molecular weight is 292 g/mol. The predicted octanol–water partition coefficient (Wildman–Crippen LogP) is 1.38. The van der Waals surface area contributed by atoms with Crippen molar-refractivity contribution < 1.29 is 14.7 Å². The van der Waals surface area contributed by atoms with Crippen LogP contribution in [0.15, 0.2) is 18.5 Å². The van der Waals surface area contributed by atoms with Crippen LogP contribution in [-0.2, 0) is 0 Å². The topological polar surface area (TPSA) is 94.6 Å². The normalized spacial score (nSPS) is 22.6. The monoisotopic (exact) mass is 292 g/mol. The van der Waals surface area contributed by atoms with Crippen LogP contribution in [0.3, 0.4) is 0 Å². The number of rotatable bonds is 3. The number of amides is 2. The molecule has 1 saturated heterocycles. The number of carbonyl (C=O) groups is 2. The third kappa shape index (κ3) is 4.16. The van der Waals surface area contributed by atoms with Gasteiger partial charge < -0.3 is 20.6 Å². The Balaban J connectivity index is 1.90. The molecule has 1 aliphatic rings. The number of anilines is 1. The molecule has 21 heavy (non-hydrogen) atoms. The van der Waals surface area contributed by atoms with Crippen LogP contribution < -0.4 is 10.6 Å². The fraction of sp³-hybridized carbons (Fsp3) is 0.500. The fourth-order valence-electron chi connectivity index (χ4n) is 2.40. The van der Waals surface area contributed by atoms with E-state index in [1.54, 1.807) is 0 Å². The molecule has 114 valence electrons. The van der Waals surface area contributed by atoms with Crippen molar-refractivity contribution in [2.75, 3.05) is 18.9 Å². The van der Waals surface area contributed by atoms with E-state index in [9.17, 15) is 9.59 Å². The van der Waals surface area contributed by atoms with Gasteiger partial charge in [-0.2, -0.15) is 0 Å². The number of hydrogen-bond donors (Lipinski definition) is 3. The first-order valence-electron chi connectivity index (χ1n) is 6.92. The minimum Gasteiger partial charge on any atom is -0.478 e. The van der Waals surface area contributed by atoms with E-state index in [1.165, 1.54) is 18.5 Å². The van der Waals surface area contributed by atoms with E-state index < -0.39 is 5.97 Å². The maximum Gasteiger partial charge on any atom is 0.337 e. The zero-order valence-electron chi connectivity index (χ0n) is 12.2. The van der Waals surface area contributed by atoms with Crippen LogP contribution in [0.25, 0.3) is 0 Å². The molecule has 2 amide bonds. The Kier molecular flexibility index (Phi) is 4.74. The van der Waals surface area contributed by atoms with Gasteiger partial charge in [-0.25, -0.2) is 9.59 Å². The molecule has 0 spiro atoms. The average Bonchev–Trinajstić information content (AvgIpc) is 2.43. The molecule has 2 atom stereocenters. The lowest BCUT2D eigenvalue weighted by Gasteiger charge is -2.35. The Morgan fingerprint density at radius 3 is 2.86 bits per heavy atom. The first-order chi connectivity index (χ1) is 9.95. The predicted molar refractivity (Wildman–Crippen MR) is 78.5 cm³/mol. The van der Waals surface area contributed by atoms with Gasteiger partial charge in [0.1, 0.15) is 0 Å². The lowest BCUT2D eigenvalue weighted by Crippen LogP contribution is -2.48. The van der Waals surface area contributed by atoms with Crippen molar-refractivity contribution in [1.29, 1.82) is 0 Å². The van der Waals surface area contributed by atoms with Crippen LogP contribution in [0.1, 0.15) is 30.1 Å². The summed E-state index contributed by atoms with van der Waals surface area (Å²) in [5.74, 6) is -1.07. The van der Waals surface area contributed by atoms with Gasteiger partial charge in [-0.3, -0.25) is 4.98 Å². The number of likely N-dealkylation sites (tertiary alicyclic amines) is 1. The Bertz CT molecular complexity index is 535. The summed E-state index contributed by atoms with van der Waals surface area (Å²) in [5.41, 5.74) is 0.411. The quantitative estimate of drug-likeness (QED) is 0.782. The molecular formula is C14H20N4O3. The lowest BCUT2D eigenvalue weighted by atomic mass is 9.99. The molecule has 0 bridgehead atoms. The molecule has 1 fully saturated rings. The molecule has 2 rings (SSSR count). The van der Waals surface area contributed by atoms with E-state index in [0.29, 0.717) is 11.7 Å². The highest BCUT2D eigenvalue weighted by atomic mass is 16.4. The van der Waals surface area contributed by atoms with Crippen molar-refractivity contribution in [1.82, 2.24) is 15.2 Å². The van der Waals surface area contributed by atoms with Crippen molar-refractivity contribution in [3.8, 4) is 0 Å². The number of hydrogen-bond acceptors (Lipinski definition) is 4. The molecular weight excluding hydrogens is 272 g/mol. The number of piperidine rings is 1.